The van der Waals surface area contributed by atoms with E-state index in [4.69, 9.17) is 4.74 Å². The number of amides is 1. The van der Waals surface area contributed by atoms with Crippen molar-refractivity contribution in [2.45, 2.75) is 25.4 Å². The monoisotopic (exact) mass is 345 g/mol. The summed E-state index contributed by atoms with van der Waals surface area (Å²) in [6.07, 6.45) is 2.68. The molecule has 1 aliphatic heterocycles. The molecule has 24 heavy (non-hydrogen) atoms. The van der Waals surface area contributed by atoms with E-state index in [2.05, 4.69) is 20.6 Å². The summed E-state index contributed by atoms with van der Waals surface area (Å²) in [6, 6.07) is 9.54. The fraction of sp³-hybridized carbons (Fsp3) is 0.444. The minimum absolute atomic E-state index is 0.112. The lowest BCUT2D eigenvalue weighted by atomic mass is 10.1. The molecular formula is C18H23N3O2S. The maximum absolute atomic E-state index is 12.3. The highest BCUT2D eigenvalue weighted by Crippen LogP contribution is 2.24. The van der Waals surface area contributed by atoms with Crippen molar-refractivity contribution in [3.05, 3.63) is 47.0 Å². The predicted octanol–water partition coefficient (Wildman–Crippen LogP) is 2.79. The Hall–Kier alpha value is -1.92. The zero-order chi connectivity index (χ0) is 16.8. The maximum Gasteiger partial charge on any atom is 0.253 e. The molecule has 1 aliphatic rings. The Balaban J connectivity index is 1.49. The van der Waals surface area contributed by atoms with E-state index in [1.54, 1.807) is 18.4 Å². The van der Waals surface area contributed by atoms with Crippen molar-refractivity contribution in [3.63, 3.8) is 0 Å². The lowest BCUT2D eigenvalue weighted by Crippen LogP contribution is -2.32. The molecule has 6 heteroatoms. The smallest absolute Gasteiger partial charge is 0.253 e. The Bertz CT molecular complexity index is 653. The number of rotatable bonds is 7. The van der Waals surface area contributed by atoms with Crippen LogP contribution in [0, 0.1) is 0 Å². The second-order valence-electron chi connectivity index (χ2n) is 5.88. The molecule has 3 rings (SSSR count). The van der Waals surface area contributed by atoms with Gasteiger partial charge in [-0.3, -0.25) is 4.79 Å². The van der Waals surface area contributed by atoms with Gasteiger partial charge in [-0.25, -0.2) is 4.98 Å². The van der Waals surface area contributed by atoms with Crippen LogP contribution < -0.4 is 10.2 Å². The van der Waals surface area contributed by atoms with Crippen LogP contribution in [0.5, 0.6) is 0 Å². The average Bonchev–Trinajstić information content (AvgIpc) is 3.28. The van der Waals surface area contributed by atoms with Gasteiger partial charge in [0.15, 0.2) is 11.2 Å². The molecule has 1 saturated heterocycles. The predicted molar refractivity (Wildman–Crippen MR) is 96.5 cm³/mol. The lowest BCUT2D eigenvalue weighted by Gasteiger charge is -2.15. The zero-order valence-electron chi connectivity index (χ0n) is 13.9. The van der Waals surface area contributed by atoms with Crippen molar-refractivity contribution in [2.24, 2.45) is 0 Å². The first-order chi connectivity index (χ1) is 11.8. The van der Waals surface area contributed by atoms with E-state index in [1.807, 2.05) is 30.3 Å². The summed E-state index contributed by atoms with van der Waals surface area (Å²) in [5, 5.41) is 6.14. The van der Waals surface area contributed by atoms with E-state index in [1.165, 1.54) is 12.8 Å². The van der Waals surface area contributed by atoms with Gasteiger partial charge < -0.3 is 15.0 Å². The van der Waals surface area contributed by atoms with Crippen LogP contribution >= 0.6 is 11.3 Å². The summed E-state index contributed by atoms with van der Waals surface area (Å²) >= 11 is 1.69. The van der Waals surface area contributed by atoms with E-state index < -0.39 is 6.10 Å². The Morgan fingerprint density at radius 1 is 1.33 bits per heavy atom. The molecule has 5 nitrogen and oxygen atoms in total. The number of anilines is 1. The minimum atomic E-state index is -0.568. The van der Waals surface area contributed by atoms with Crippen LogP contribution in [0.15, 0.2) is 35.7 Å². The van der Waals surface area contributed by atoms with Gasteiger partial charge in [-0.2, -0.15) is 0 Å². The molecule has 1 aromatic carbocycles. The number of methoxy groups -OCH3 is 1. The van der Waals surface area contributed by atoms with Crippen LogP contribution in [0.25, 0.3) is 0 Å². The Kier molecular flexibility index (Phi) is 5.82. The lowest BCUT2D eigenvalue weighted by molar-refractivity contribution is -0.131. The molecule has 1 atom stereocenters. The molecule has 2 aromatic rings. The minimum Gasteiger partial charge on any atom is -0.367 e. The fourth-order valence-corrected chi connectivity index (χ4v) is 3.81. The molecule has 1 N–H and O–H groups in total. The highest BCUT2D eigenvalue weighted by molar-refractivity contribution is 7.13. The SMILES string of the molecule is CO[C@H](C(=O)NCCc1csc(N2CCCC2)n1)c1ccccc1. The average molecular weight is 345 g/mol. The van der Waals surface area contributed by atoms with Crippen LogP contribution in [0.4, 0.5) is 5.13 Å². The first-order valence-corrected chi connectivity index (χ1v) is 9.20. The molecule has 128 valence electrons. The highest BCUT2D eigenvalue weighted by atomic mass is 32.1. The molecular weight excluding hydrogens is 322 g/mol. The van der Waals surface area contributed by atoms with Crippen molar-refractivity contribution < 1.29 is 9.53 Å². The summed E-state index contributed by atoms with van der Waals surface area (Å²) in [4.78, 5) is 19.3. The molecule has 0 aliphatic carbocycles. The van der Waals surface area contributed by atoms with Gasteiger partial charge in [0.2, 0.25) is 0 Å². The van der Waals surface area contributed by atoms with E-state index in [9.17, 15) is 4.79 Å². The molecule has 0 radical (unpaired) electrons. The van der Waals surface area contributed by atoms with E-state index >= 15 is 0 Å². The Morgan fingerprint density at radius 2 is 2.08 bits per heavy atom. The van der Waals surface area contributed by atoms with E-state index in [0.29, 0.717) is 6.54 Å². The van der Waals surface area contributed by atoms with Gasteiger partial charge in [0.05, 0.1) is 5.69 Å². The van der Waals surface area contributed by atoms with Gasteiger partial charge in [0.25, 0.3) is 5.91 Å². The second kappa shape index (κ2) is 8.26. The van der Waals surface area contributed by atoms with Crippen LogP contribution in [0.2, 0.25) is 0 Å². The molecule has 1 amide bonds. The topological polar surface area (TPSA) is 54.5 Å². The third-order valence-electron chi connectivity index (χ3n) is 4.17. The number of thiazole rings is 1. The van der Waals surface area contributed by atoms with E-state index in [-0.39, 0.29) is 5.91 Å². The Morgan fingerprint density at radius 3 is 2.79 bits per heavy atom. The first-order valence-electron chi connectivity index (χ1n) is 8.32. The van der Waals surface area contributed by atoms with Gasteiger partial charge in [0, 0.05) is 38.5 Å². The number of aromatic nitrogens is 1. The summed E-state index contributed by atoms with van der Waals surface area (Å²) in [5.74, 6) is -0.112. The maximum atomic E-state index is 12.3. The number of hydrogen-bond donors (Lipinski definition) is 1. The normalized spacial score (nSPS) is 15.5. The van der Waals surface area contributed by atoms with Crippen LogP contribution in [0.1, 0.15) is 30.2 Å². The number of carbonyl (C=O) groups excluding carboxylic acids is 1. The van der Waals surface area contributed by atoms with Gasteiger partial charge >= 0.3 is 0 Å². The van der Waals surface area contributed by atoms with Crippen molar-refractivity contribution in [3.8, 4) is 0 Å². The summed E-state index contributed by atoms with van der Waals surface area (Å²) in [6.45, 7) is 2.78. The number of carbonyl (C=O) groups is 1. The number of benzene rings is 1. The summed E-state index contributed by atoms with van der Waals surface area (Å²) < 4.78 is 5.34. The van der Waals surface area contributed by atoms with Gasteiger partial charge in [-0.15, -0.1) is 11.3 Å². The van der Waals surface area contributed by atoms with Crippen molar-refractivity contribution >= 4 is 22.4 Å². The number of nitrogens with one attached hydrogen (secondary N) is 1. The zero-order valence-corrected chi connectivity index (χ0v) is 14.7. The molecule has 0 spiro atoms. The van der Waals surface area contributed by atoms with Gasteiger partial charge in [-0.05, 0) is 18.4 Å². The molecule has 2 heterocycles. The first kappa shape index (κ1) is 16.9. The summed E-state index contributed by atoms with van der Waals surface area (Å²) in [5.41, 5.74) is 1.90. The molecule has 0 saturated carbocycles. The van der Waals surface area contributed by atoms with E-state index in [0.717, 1.165) is 35.9 Å². The number of ether oxygens (including phenoxy) is 1. The molecule has 1 aromatic heterocycles. The largest absolute Gasteiger partial charge is 0.367 e. The third kappa shape index (κ3) is 4.13. The van der Waals surface area contributed by atoms with Gasteiger partial charge in [-0.1, -0.05) is 30.3 Å². The number of hydrogen-bond acceptors (Lipinski definition) is 5. The fourth-order valence-electron chi connectivity index (χ4n) is 2.89. The highest BCUT2D eigenvalue weighted by Gasteiger charge is 2.19. The van der Waals surface area contributed by atoms with Crippen LogP contribution in [-0.4, -0.2) is 37.6 Å². The molecule has 0 bridgehead atoms. The van der Waals surface area contributed by atoms with Crippen LogP contribution in [0.3, 0.4) is 0 Å². The quantitative estimate of drug-likeness (QED) is 0.838. The second-order valence-corrected chi connectivity index (χ2v) is 6.72. The summed E-state index contributed by atoms with van der Waals surface area (Å²) in [7, 11) is 1.56. The molecule has 0 unspecified atom stereocenters. The van der Waals surface area contributed by atoms with Gasteiger partial charge in [0.1, 0.15) is 0 Å². The van der Waals surface area contributed by atoms with Crippen molar-refractivity contribution in [1.29, 1.82) is 0 Å². The van der Waals surface area contributed by atoms with Crippen molar-refractivity contribution in [1.82, 2.24) is 10.3 Å². The molecule has 1 fully saturated rings. The standard InChI is InChI=1S/C18H23N3O2S/c1-23-16(14-7-3-2-4-8-14)17(22)19-10-9-15-13-24-18(20-15)21-11-5-6-12-21/h2-4,7-8,13,16H,5-6,9-12H2,1H3,(H,19,22)/t16-/m0/s1. The third-order valence-corrected chi connectivity index (χ3v) is 5.12. The van der Waals surface area contributed by atoms with Crippen LogP contribution in [-0.2, 0) is 16.0 Å². The Labute approximate surface area is 146 Å². The number of nitrogens with zero attached hydrogens (tertiary/aromatic N) is 2. The van der Waals surface area contributed by atoms with Crippen molar-refractivity contribution in [2.75, 3.05) is 31.6 Å².